The van der Waals surface area contributed by atoms with E-state index in [9.17, 15) is 4.79 Å². The summed E-state index contributed by atoms with van der Waals surface area (Å²) in [7, 11) is 0. The molecule has 0 unspecified atom stereocenters. The molecule has 0 saturated carbocycles. The van der Waals surface area contributed by atoms with Crippen LogP contribution < -0.4 is 5.32 Å². The number of carbonyl (C=O) groups is 1. The first kappa shape index (κ1) is 17.7. The van der Waals surface area contributed by atoms with Crippen molar-refractivity contribution in [2.24, 2.45) is 0 Å². The average Bonchev–Trinajstić information content (AvgIpc) is 3.25. The van der Waals surface area contributed by atoms with E-state index in [2.05, 4.69) is 29.5 Å². The number of rotatable bonds is 4. The van der Waals surface area contributed by atoms with Crippen molar-refractivity contribution in [1.82, 2.24) is 14.8 Å². The van der Waals surface area contributed by atoms with Crippen LogP contribution in [0.5, 0.6) is 0 Å². The van der Waals surface area contributed by atoms with Gasteiger partial charge < -0.3 is 5.32 Å². The molecule has 2 aromatic heterocycles. The van der Waals surface area contributed by atoms with Crippen LogP contribution in [0.1, 0.15) is 23.0 Å². The van der Waals surface area contributed by atoms with Gasteiger partial charge in [-0.2, -0.15) is 5.10 Å². The Bertz CT molecular complexity index is 1130. The summed E-state index contributed by atoms with van der Waals surface area (Å²) in [6, 6.07) is 13.9. The van der Waals surface area contributed by atoms with Crippen molar-refractivity contribution < 1.29 is 4.79 Å². The molecule has 0 aliphatic carbocycles. The topological polar surface area (TPSA) is 59.8 Å². The summed E-state index contributed by atoms with van der Waals surface area (Å²) in [6.07, 6.45) is 1.48. The highest BCUT2D eigenvalue weighted by Gasteiger charge is 2.17. The monoisotopic (exact) mass is 396 g/mol. The quantitative estimate of drug-likeness (QED) is 0.502. The number of anilines is 1. The van der Waals surface area contributed by atoms with Crippen LogP contribution in [0.3, 0.4) is 0 Å². The fourth-order valence-electron chi connectivity index (χ4n) is 2.87. The average molecular weight is 397 g/mol. The summed E-state index contributed by atoms with van der Waals surface area (Å²) in [5.41, 5.74) is 4.30. The highest BCUT2D eigenvalue weighted by molar-refractivity contribution is 7.21. The fourth-order valence-corrected chi connectivity index (χ4v) is 4.17. The summed E-state index contributed by atoms with van der Waals surface area (Å²) in [6.45, 7) is 4.56. The van der Waals surface area contributed by atoms with Crippen LogP contribution in [0.4, 0.5) is 5.69 Å². The Labute approximate surface area is 165 Å². The van der Waals surface area contributed by atoms with E-state index in [1.54, 1.807) is 16.0 Å². The Morgan fingerprint density at radius 2 is 2.00 bits per heavy atom. The van der Waals surface area contributed by atoms with Crippen molar-refractivity contribution in [3.05, 3.63) is 64.9 Å². The zero-order valence-electron chi connectivity index (χ0n) is 14.9. The number of fused-ring (bicyclic) bond motifs is 1. The zero-order chi connectivity index (χ0) is 19.0. The number of thiazole rings is 1. The van der Waals surface area contributed by atoms with Gasteiger partial charge in [-0.3, -0.25) is 9.48 Å². The van der Waals surface area contributed by atoms with Crippen molar-refractivity contribution in [2.75, 3.05) is 5.32 Å². The number of carbonyl (C=O) groups excluding carboxylic acids is 1. The molecule has 4 aromatic rings. The molecule has 0 spiro atoms. The molecule has 0 fully saturated rings. The van der Waals surface area contributed by atoms with Crippen molar-refractivity contribution in [2.45, 2.75) is 20.4 Å². The van der Waals surface area contributed by atoms with Crippen LogP contribution in [0.25, 0.3) is 20.8 Å². The summed E-state index contributed by atoms with van der Waals surface area (Å²) < 4.78 is 2.75. The van der Waals surface area contributed by atoms with E-state index in [0.717, 1.165) is 16.1 Å². The Morgan fingerprint density at radius 3 is 2.74 bits per heavy atom. The van der Waals surface area contributed by atoms with E-state index in [1.165, 1.54) is 16.5 Å². The molecule has 0 radical (unpaired) electrons. The molecule has 2 heterocycles. The number of aryl methyl sites for hydroxylation is 2. The van der Waals surface area contributed by atoms with E-state index >= 15 is 0 Å². The second kappa shape index (κ2) is 7.13. The van der Waals surface area contributed by atoms with Crippen molar-refractivity contribution in [1.29, 1.82) is 0 Å². The van der Waals surface area contributed by atoms with E-state index in [1.807, 2.05) is 37.3 Å². The minimum Gasteiger partial charge on any atom is -0.321 e. The lowest BCUT2D eigenvalue weighted by Crippen LogP contribution is -2.17. The highest BCUT2D eigenvalue weighted by Crippen LogP contribution is 2.31. The number of nitrogens with one attached hydrogen (secondary N) is 1. The second-order valence-corrected chi connectivity index (χ2v) is 7.62. The van der Waals surface area contributed by atoms with E-state index in [4.69, 9.17) is 16.6 Å². The maximum absolute atomic E-state index is 12.5. The SMILES string of the molecule is CCn1ncc(Cl)c1C(=O)Nc1ccc(-c2nc3ccc(C)cc3s2)cc1. The molecule has 0 aliphatic heterocycles. The summed E-state index contributed by atoms with van der Waals surface area (Å²) in [4.78, 5) is 17.2. The molecule has 0 aliphatic rings. The largest absolute Gasteiger partial charge is 0.321 e. The molecule has 1 amide bonds. The standard InChI is InChI=1S/C20H17ClN4OS/c1-3-25-18(15(21)11-22-25)19(26)23-14-7-5-13(6-8-14)20-24-16-9-4-12(2)10-17(16)27-20/h4-11H,3H2,1-2H3,(H,23,26). The van der Waals surface area contributed by atoms with E-state index in [-0.39, 0.29) is 5.91 Å². The Morgan fingerprint density at radius 1 is 1.22 bits per heavy atom. The van der Waals surface area contributed by atoms with Crippen LogP contribution in [-0.2, 0) is 6.54 Å². The molecule has 2 aromatic carbocycles. The minimum atomic E-state index is -0.275. The smallest absolute Gasteiger partial charge is 0.275 e. The molecule has 0 saturated heterocycles. The molecule has 7 heteroatoms. The van der Waals surface area contributed by atoms with E-state index < -0.39 is 0 Å². The highest BCUT2D eigenvalue weighted by atomic mass is 35.5. The Balaban J connectivity index is 1.56. The third-order valence-electron chi connectivity index (χ3n) is 4.24. The van der Waals surface area contributed by atoms with Crippen molar-refractivity contribution in [3.63, 3.8) is 0 Å². The molecule has 0 atom stereocenters. The Kier molecular flexibility index (Phi) is 4.68. The number of hydrogen-bond donors (Lipinski definition) is 1. The Hall–Kier alpha value is -2.70. The predicted octanol–water partition coefficient (Wildman–Crippen LogP) is 5.39. The van der Waals surface area contributed by atoms with Gasteiger partial charge in [-0.1, -0.05) is 17.7 Å². The number of nitrogens with zero attached hydrogens (tertiary/aromatic N) is 3. The first-order valence-electron chi connectivity index (χ1n) is 8.55. The first-order chi connectivity index (χ1) is 13.0. The van der Waals surface area contributed by atoms with Gasteiger partial charge in [0.15, 0.2) is 0 Å². The summed E-state index contributed by atoms with van der Waals surface area (Å²) in [5, 5.41) is 8.27. The lowest BCUT2D eigenvalue weighted by molar-refractivity contribution is 0.101. The first-order valence-corrected chi connectivity index (χ1v) is 9.75. The molecule has 1 N–H and O–H groups in total. The van der Waals surface area contributed by atoms with E-state index in [0.29, 0.717) is 22.9 Å². The van der Waals surface area contributed by atoms with Gasteiger partial charge in [-0.15, -0.1) is 11.3 Å². The van der Waals surface area contributed by atoms with Gasteiger partial charge in [0.25, 0.3) is 5.91 Å². The molecule has 5 nitrogen and oxygen atoms in total. The number of halogens is 1. The van der Waals surface area contributed by atoms with Crippen LogP contribution in [-0.4, -0.2) is 20.7 Å². The number of amides is 1. The number of aromatic nitrogens is 3. The van der Waals surface area contributed by atoms with Crippen LogP contribution in [0.2, 0.25) is 5.02 Å². The maximum Gasteiger partial charge on any atom is 0.275 e. The third kappa shape index (κ3) is 3.46. The third-order valence-corrected chi connectivity index (χ3v) is 5.59. The molecule has 27 heavy (non-hydrogen) atoms. The van der Waals surface area contributed by atoms with Gasteiger partial charge in [0.1, 0.15) is 10.7 Å². The maximum atomic E-state index is 12.5. The summed E-state index contributed by atoms with van der Waals surface area (Å²) in [5.74, 6) is -0.275. The van der Waals surface area contributed by atoms with Gasteiger partial charge in [0.2, 0.25) is 0 Å². The molecule has 4 rings (SSSR count). The van der Waals surface area contributed by atoms with Gasteiger partial charge in [0, 0.05) is 17.8 Å². The lowest BCUT2D eigenvalue weighted by Gasteiger charge is -2.08. The fraction of sp³-hybridized carbons (Fsp3) is 0.150. The van der Waals surface area contributed by atoms with Crippen LogP contribution in [0, 0.1) is 6.92 Å². The van der Waals surface area contributed by atoms with Gasteiger partial charge in [0.05, 0.1) is 21.4 Å². The normalized spacial score (nSPS) is 11.1. The zero-order valence-corrected chi connectivity index (χ0v) is 16.4. The summed E-state index contributed by atoms with van der Waals surface area (Å²) >= 11 is 7.75. The minimum absolute atomic E-state index is 0.275. The molecular formula is C20H17ClN4OS. The lowest BCUT2D eigenvalue weighted by atomic mass is 10.2. The second-order valence-electron chi connectivity index (χ2n) is 6.18. The van der Waals surface area contributed by atoms with Crippen molar-refractivity contribution in [3.8, 4) is 10.6 Å². The van der Waals surface area contributed by atoms with Gasteiger partial charge in [-0.05, 0) is 55.8 Å². The number of hydrogen-bond acceptors (Lipinski definition) is 4. The van der Waals surface area contributed by atoms with Gasteiger partial charge >= 0.3 is 0 Å². The predicted molar refractivity (Wildman–Crippen MR) is 111 cm³/mol. The van der Waals surface area contributed by atoms with Gasteiger partial charge in [-0.25, -0.2) is 4.98 Å². The molecular weight excluding hydrogens is 380 g/mol. The van der Waals surface area contributed by atoms with Crippen LogP contribution >= 0.6 is 22.9 Å². The molecule has 136 valence electrons. The van der Waals surface area contributed by atoms with Crippen LogP contribution in [0.15, 0.2) is 48.7 Å². The van der Waals surface area contributed by atoms with Crippen molar-refractivity contribution >= 4 is 44.7 Å². The number of benzene rings is 2. The molecule has 0 bridgehead atoms.